The molecule has 0 spiro atoms. The fourth-order valence-corrected chi connectivity index (χ4v) is 9.62. The summed E-state index contributed by atoms with van der Waals surface area (Å²) in [6, 6.07) is 1.59. The number of methoxy groups -OCH3 is 1. The van der Waals surface area contributed by atoms with Crippen molar-refractivity contribution in [3.8, 4) is 0 Å². The third-order valence-corrected chi connectivity index (χ3v) is 11.8. The number of imidazole rings is 2. The van der Waals surface area contributed by atoms with Crippen molar-refractivity contribution in [1.29, 1.82) is 0 Å². The van der Waals surface area contributed by atoms with Gasteiger partial charge in [-0.25, -0.2) is 15.0 Å². The summed E-state index contributed by atoms with van der Waals surface area (Å²) >= 11 is 10.9. The molecule has 0 radical (unpaired) electrons. The van der Waals surface area contributed by atoms with E-state index >= 15 is 0 Å². The average molecular weight is 718 g/mol. The second-order valence-electron chi connectivity index (χ2n) is 10.9. The monoisotopic (exact) mass is 717 g/mol. The standard InChI is InChI=1S/C23H29N9O10P2S2/c1-37-16-9-6-43(35,45)38-4-12-17(15(33)22(41-12)31-7-27-13-10(24)2-3-26-18(13)31)42-44(36,46)39-5-11(16)40-21(9)32-8-28-14-19(32)29-23(25)30-20(14)34/h2-3,7-9,11-12,15-17,21-22,33H,4-6H2,1H3,(H2,24,26)(H,35,45)(H,36,46)(H3,25,29,30,34)/t9-,11-,12-,15-,16+,17-,21-,22-,43?,44?/m1/s1. The van der Waals surface area contributed by atoms with E-state index in [0.717, 1.165) is 0 Å². The molecule has 248 valence electrons. The van der Waals surface area contributed by atoms with Crippen LogP contribution in [0.15, 0.2) is 29.7 Å². The summed E-state index contributed by atoms with van der Waals surface area (Å²) in [5, 5.41) is 11.4. The summed E-state index contributed by atoms with van der Waals surface area (Å²) in [5.41, 5.74) is 12.5. The minimum Gasteiger partial charge on any atom is -0.397 e. The van der Waals surface area contributed by atoms with Gasteiger partial charge in [-0.15, -0.1) is 0 Å². The van der Waals surface area contributed by atoms with E-state index in [9.17, 15) is 19.7 Å². The zero-order chi connectivity index (χ0) is 32.5. The number of anilines is 2. The normalized spacial score (nSPS) is 37.1. The van der Waals surface area contributed by atoms with Crippen LogP contribution < -0.4 is 17.0 Å². The lowest BCUT2D eigenvalue weighted by Gasteiger charge is -2.28. The Kier molecular flexibility index (Phi) is 8.29. The fourth-order valence-electron chi connectivity index (χ4n) is 6.07. The van der Waals surface area contributed by atoms with Gasteiger partial charge < -0.3 is 49.6 Å². The lowest BCUT2D eigenvalue weighted by Crippen LogP contribution is -2.36. The van der Waals surface area contributed by atoms with Gasteiger partial charge in [0.15, 0.2) is 29.5 Å². The van der Waals surface area contributed by atoms with Crippen LogP contribution in [0.4, 0.5) is 11.6 Å². The van der Waals surface area contributed by atoms with Gasteiger partial charge in [0, 0.05) is 25.4 Å². The minimum absolute atomic E-state index is 0.0136. The van der Waals surface area contributed by atoms with Crippen LogP contribution in [-0.2, 0) is 51.4 Å². The Bertz CT molecular complexity index is 1960. The molecule has 3 aliphatic heterocycles. The van der Waals surface area contributed by atoms with E-state index in [4.69, 9.17) is 62.9 Å². The molecule has 19 nitrogen and oxygen atoms in total. The third kappa shape index (κ3) is 5.68. The van der Waals surface area contributed by atoms with E-state index < -0.39 is 67.7 Å². The zero-order valence-corrected chi connectivity index (χ0v) is 27.2. The molecule has 0 aliphatic carbocycles. The Balaban J connectivity index is 1.22. The number of nitrogens with two attached hydrogens (primary N) is 2. The molecule has 8 N–H and O–H groups in total. The number of pyridine rings is 1. The molecule has 0 aromatic carbocycles. The number of nitrogens with one attached hydrogen (secondary N) is 1. The Morgan fingerprint density at radius 2 is 1.72 bits per heavy atom. The molecule has 3 aliphatic rings. The van der Waals surface area contributed by atoms with Gasteiger partial charge in [-0.2, -0.15) is 4.98 Å². The van der Waals surface area contributed by atoms with Crippen LogP contribution in [-0.4, -0.2) is 106 Å². The molecule has 2 unspecified atom stereocenters. The van der Waals surface area contributed by atoms with Crippen LogP contribution in [0.25, 0.3) is 22.3 Å². The number of rotatable bonds is 3. The van der Waals surface area contributed by atoms with E-state index in [1.807, 2.05) is 0 Å². The van der Waals surface area contributed by atoms with Gasteiger partial charge in [0.2, 0.25) is 5.95 Å². The Labute approximate surface area is 269 Å². The molecule has 4 aromatic heterocycles. The first-order valence-electron chi connectivity index (χ1n) is 13.8. The maximum atomic E-state index is 12.5. The highest BCUT2D eigenvalue weighted by atomic mass is 32.5. The highest BCUT2D eigenvalue weighted by molar-refractivity contribution is 8.09. The number of ether oxygens (including phenoxy) is 3. The SMILES string of the molecule is CO[C@H]1[C@H]2CP(O)(=S)OC[C@H]3O[C@@H](n4cnc5c(N)ccnc54)[C@H](O)[C@@H]3OP(O)(=S)OC[C@H]1O[C@H]2n1cnc2c(=O)[nH]c(N)nc21. The number of aliphatic hydroxyl groups excluding tert-OH is 1. The van der Waals surface area contributed by atoms with E-state index in [0.29, 0.717) is 16.9 Å². The van der Waals surface area contributed by atoms with Crippen molar-refractivity contribution < 1.29 is 42.7 Å². The second-order valence-corrected chi connectivity index (χ2v) is 17.3. The molecule has 4 aromatic rings. The number of aliphatic hydroxyl groups is 1. The number of nitrogen functional groups attached to an aromatic ring is 2. The van der Waals surface area contributed by atoms with Crippen molar-refractivity contribution in [3.63, 3.8) is 0 Å². The summed E-state index contributed by atoms with van der Waals surface area (Å²) in [5.74, 6) is -0.831. The fraction of sp³-hybridized carbons (Fsp3) is 0.522. The molecule has 23 heteroatoms. The molecule has 7 heterocycles. The van der Waals surface area contributed by atoms with Gasteiger partial charge in [-0.3, -0.25) is 23.4 Å². The predicted molar refractivity (Wildman–Crippen MR) is 167 cm³/mol. The average Bonchev–Trinajstić information content (AvgIpc) is 3.75. The molecule has 46 heavy (non-hydrogen) atoms. The number of hydrogen-bond donors (Lipinski definition) is 6. The van der Waals surface area contributed by atoms with Gasteiger partial charge >= 0.3 is 6.72 Å². The first-order valence-corrected chi connectivity index (χ1v) is 19.2. The maximum absolute atomic E-state index is 12.5. The van der Waals surface area contributed by atoms with Crippen molar-refractivity contribution in [2.75, 3.05) is 38.0 Å². The number of aromatic nitrogens is 7. The van der Waals surface area contributed by atoms with Crippen LogP contribution in [0.2, 0.25) is 0 Å². The smallest absolute Gasteiger partial charge is 0.325 e. The van der Waals surface area contributed by atoms with Gasteiger partial charge in [0.25, 0.3) is 5.56 Å². The first-order chi connectivity index (χ1) is 21.9. The molecule has 3 fully saturated rings. The van der Waals surface area contributed by atoms with Crippen LogP contribution in [0, 0.1) is 5.92 Å². The second kappa shape index (κ2) is 11.9. The topological polar surface area (TPSA) is 262 Å². The van der Waals surface area contributed by atoms with Crippen molar-refractivity contribution in [2.24, 2.45) is 5.92 Å². The van der Waals surface area contributed by atoms with E-state index in [-0.39, 0.29) is 36.5 Å². The molecule has 0 amide bonds. The Morgan fingerprint density at radius 3 is 2.48 bits per heavy atom. The summed E-state index contributed by atoms with van der Waals surface area (Å²) in [7, 11) is 1.44. The minimum atomic E-state index is -4.08. The van der Waals surface area contributed by atoms with Crippen molar-refractivity contribution >= 4 is 70.8 Å². The summed E-state index contributed by atoms with van der Waals surface area (Å²) < 4.78 is 38.6. The molecular formula is C23H29N9O10P2S2. The van der Waals surface area contributed by atoms with Gasteiger partial charge in [0.1, 0.15) is 36.2 Å². The predicted octanol–water partition coefficient (Wildman–Crippen LogP) is -0.534. The van der Waals surface area contributed by atoms with Crippen molar-refractivity contribution in [1.82, 2.24) is 34.1 Å². The van der Waals surface area contributed by atoms with Crippen LogP contribution in [0.3, 0.4) is 0 Å². The summed E-state index contributed by atoms with van der Waals surface area (Å²) in [6.07, 6.45) is -3.36. The maximum Gasteiger partial charge on any atom is 0.325 e. The van der Waals surface area contributed by atoms with Crippen LogP contribution >= 0.6 is 13.2 Å². The highest BCUT2D eigenvalue weighted by Crippen LogP contribution is 2.54. The molecule has 10 atom stereocenters. The quantitative estimate of drug-likeness (QED) is 0.145. The highest BCUT2D eigenvalue weighted by Gasteiger charge is 2.52. The number of hydrogen-bond acceptors (Lipinski definition) is 16. The summed E-state index contributed by atoms with van der Waals surface area (Å²) in [4.78, 5) is 54.4. The van der Waals surface area contributed by atoms with Crippen LogP contribution in [0.1, 0.15) is 12.5 Å². The number of fused-ring (bicyclic) bond motifs is 5. The van der Waals surface area contributed by atoms with E-state index in [1.165, 1.54) is 35.1 Å². The number of aromatic amines is 1. The molecule has 2 bridgehead atoms. The largest absolute Gasteiger partial charge is 0.397 e. The number of H-pyrrole nitrogens is 1. The first kappa shape index (κ1) is 32.1. The zero-order valence-electron chi connectivity index (χ0n) is 23.8. The lowest BCUT2D eigenvalue weighted by molar-refractivity contribution is -0.0548. The summed E-state index contributed by atoms with van der Waals surface area (Å²) in [6.45, 7) is -8.41. The van der Waals surface area contributed by atoms with Crippen molar-refractivity contribution in [3.05, 3.63) is 35.3 Å². The van der Waals surface area contributed by atoms with Crippen molar-refractivity contribution in [2.45, 2.75) is 43.0 Å². The van der Waals surface area contributed by atoms with Crippen LogP contribution in [0.5, 0.6) is 0 Å². The van der Waals surface area contributed by atoms with E-state index in [2.05, 4.69) is 24.9 Å². The molecule has 0 saturated carbocycles. The van der Waals surface area contributed by atoms with Gasteiger partial charge in [-0.05, 0) is 29.7 Å². The van der Waals surface area contributed by atoms with Gasteiger partial charge in [-0.1, -0.05) is 0 Å². The third-order valence-electron chi connectivity index (χ3n) is 8.08. The molecule has 3 saturated heterocycles. The molecular weight excluding hydrogens is 688 g/mol. The Hall–Kier alpha value is -2.49. The van der Waals surface area contributed by atoms with E-state index in [1.54, 1.807) is 6.07 Å². The van der Waals surface area contributed by atoms with Gasteiger partial charge in [0.05, 0.1) is 37.7 Å². The lowest BCUT2D eigenvalue weighted by atomic mass is 10.0. The molecule has 7 rings (SSSR count). The number of nitrogens with zero attached hydrogens (tertiary/aromatic N) is 6. The Morgan fingerprint density at radius 1 is 1.02 bits per heavy atom.